The van der Waals surface area contributed by atoms with Crippen LogP contribution in [0.5, 0.6) is 0 Å². The molecular weight excluding hydrogens is 795 g/mol. The Balaban J connectivity index is 1.03. The van der Waals surface area contributed by atoms with Crippen LogP contribution in [-0.2, 0) is 5.41 Å². The van der Waals surface area contributed by atoms with Crippen molar-refractivity contribution in [3.63, 3.8) is 0 Å². The van der Waals surface area contributed by atoms with Crippen LogP contribution >= 0.6 is 0 Å². The largest absolute Gasteiger partial charge is 0.310 e. The summed E-state index contributed by atoms with van der Waals surface area (Å²) < 4.78 is 0. The lowest BCUT2D eigenvalue weighted by molar-refractivity contribution is 0.768. The molecule has 0 bridgehead atoms. The van der Waals surface area contributed by atoms with Crippen molar-refractivity contribution in [1.82, 2.24) is 0 Å². The maximum absolute atomic E-state index is 2.49. The van der Waals surface area contributed by atoms with Crippen LogP contribution in [0.3, 0.4) is 0 Å². The molecule has 0 N–H and O–H groups in total. The van der Waals surface area contributed by atoms with Crippen LogP contribution in [0.4, 0.5) is 17.1 Å². The molecule has 1 heteroatoms. The molecule has 0 radical (unpaired) electrons. The Morgan fingerprint density at radius 3 is 1.36 bits per heavy atom. The van der Waals surface area contributed by atoms with Crippen molar-refractivity contribution in [2.45, 2.75) is 17.8 Å². The van der Waals surface area contributed by atoms with Crippen LogP contribution in [0.25, 0.3) is 56.7 Å². The lowest BCUT2D eigenvalue weighted by Crippen LogP contribution is -2.28. The Hall–Kier alpha value is -8.26. The molecular formula is C65H47N. The predicted molar refractivity (Wildman–Crippen MR) is 277 cm³/mol. The molecule has 2 aliphatic rings. The second kappa shape index (κ2) is 16.7. The van der Waals surface area contributed by atoms with E-state index in [2.05, 4.69) is 272 Å². The molecule has 0 aromatic heterocycles. The molecule has 1 unspecified atom stereocenters. The van der Waals surface area contributed by atoms with Crippen LogP contribution < -0.4 is 15.3 Å². The number of anilines is 3. The molecule has 0 spiro atoms. The highest BCUT2D eigenvalue weighted by atomic mass is 15.1. The molecule has 312 valence electrons. The molecule has 2 aliphatic carbocycles. The van der Waals surface area contributed by atoms with Gasteiger partial charge in [-0.3, -0.25) is 0 Å². The third-order valence-corrected chi connectivity index (χ3v) is 13.9. The SMILES string of the molecule is C1=c2ccccc2=CC(c2cccc(-c3ccc4c(c3)C(c3ccccc3)(c3ccccc3)c3cc(N(c5ccc(-c6ccccc6)cc5)c5ccc(-c6ccccc6)cc5)ccc3-4)c2)C1. The molecule has 66 heavy (non-hydrogen) atoms. The van der Waals surface area contributed by atoms with E-state index in [4.69, 9.17) is 0 Å². The van der Waals surface area contributed by atoms with Gasteiger partial charge in [-0.2, -0.15) is 0 Å². The average Bonchev–Trinajstić information content (AvgIpc) is 3.70. The van der Waals surface area contributed by atoms with Gasteiger partial charge in [-0.05, 0) is 132 Å². The van der Waals surface area contributed by atoms with Crippen LogP contribution in [0, 0.1) is 0 Å². The monoisotopic (exact) mass is 841 g/mol. The van der Waals surface area contributed by atoms with Crippen molar-refractivity contribution >= 4 is 29.2 Å². The zero-order valence-electron chi connectivity index (χ0n) is 36.6. The molecule has 12 rings (SSSR count). The summed E-state index contributed by atoms with van der Waals surface area (Å²) in [4.78, 5) is 2.42. The molecule has 0 saturated carbocycles. The third kappa shape index (κ3) is 6.89. The van der Waals surface area contributed by atoms with E-state index in [1.165, 1.54) is 82.8 Å². The minimum absolute atomic E-state index is 0.330. The molecule has 1 atom stereocenters. The molecule has 0 fully saturated rings. The zero-order valence-corrected chi connectivity index (χ0v) is 36.6. The normalized spacial score (nSPS) is 14.2. The average molecular weight is 842 g/mol. The van der Waals surface area contributed by atoms with E-state index < -0.39 is 5.41 Å². The van der Waals surface area contributed by atoms with E-state index in [0.29, 0.717) is 5.92 Å². The van der Waals surface area contributed by atoms with Crippen molar-refractivity contribution in [2.24, 2.45) is 0 Å². The second-order valence-corrected chi connectivity index (χ2v) is 17.6. The number of hydrogen-bond acceptors (Lipinski definition) is 1. The molecule has 10 aromatic carbocycles. The quantitative estimate of drug-likeness (QED) is 0.140. The molecule has 0 saturated heterocycles. The van der Waals surface area contributed by atoms with Gasteiger partial charge in [0.2, 0.25) is 0 Å². The first-order chi connectivity index (χ1) is 32.7. The lowest BCUT2D eigenvalue weighted by atomic mass is 9.67. The molecule has 0 aliphatic heterocycles. The zero-order chi connectivity index (χ0) is 43.9. The maximum atomic E-state index is 2.49. The van der Waals surface area contributed by atoms with Gasteiger partial charge in [-0.25, -0.2) is 0 Å². The van der Waals surface area contributed by atoms with Crippen molar-refractivity contribution in [3.8, 4) is 44.5 Å². The van der Waals surface area contributed by atoms with Crippen molar-refractivity contribution in [1.29, 1.82) is 0 Å². The van der Waals surface area contributed by atoms with Gasteiger partial charge in [0.1, 0.15) is 0 Å². The second-order valence-electron chi connectivity index (χ2n) is 17.6. The van der Waals surface area contributed by atoms with Gasteiger partial charge in [0.05, 0.1) is 5.41 Å². The lowest BCUT2D eigenvalue weighted by Gasteiger charge is -2.35. The number of benzene rings is 10. The molecule has 10 aromatic rings. The van der Waals surface area contributed by atoms with Crippen LogP contribution in [0.1, 0.15) is 40.2 Å². The first-order valence-corrected chi connectivity index (χ1v) is 23.1. The first-order valence-electron chi connectivity index (χ1n) is 23.1. The Labute approximate surface area is 387 Å². The van der Waals surface area contributed by atoms with Gasteiger partial charge in [0.15, 0.2) is 0 Å². The topological polar surface area (TPSA) is 3.24 Å². The number of hydrogen-bond donors (Lipinski definition) is 0. The van der Waals surface area contributed by atoms with E-state index in [-0.39, 0.29) is 0 Å². The minimum atomic E-state index is -0.591. The third-order valence-electron chi connectivity index (χ3n) is 13.9. The van der Waals surface area contributed by atoms with Gasteiger partial charge in [-0.15, -0.1) is 0 Å². The van der Waals surface area contributed by atoms with Gasteiger partial charge in [-0.1, -0.05) is 224 Å². The van der Waals surface area contributed by atoms with Gasteiger partial charge in [0, 0.05) is 23.0 Å². The maximum Gasteiger partial charge on any atom is 0.0714 e. The van der Waals surface area contributed by atoms with E-state index >= 15 is 0 Å². The van der Waals surface area contributed by atoms with E-state index in [1.54, 1.807) is 0 Å². The number of fused-ring (bicyclic) bond motifs is 4. The Morgan fingerprint density at radius 1 is 0.333 bits per heavy atom. The summed E-state index contributed by atoms with van der Waals surface area (Å²) >= 11 is 0. The summed E-state index contributed by atoms with van der Waals surface area (Å²) in [5, 5.41) is 2.64. The van der Waals surface area contributed by atoms with Gasteiger partial charge >= 0.3 is 0 Å². The molecule has 0 heterocycles. The smallest absolute Gasteiger partial charge is 0.0714 e. The fourth-order valence-electron chi connectivity index (χ4n) is 10.7. The fraction of sp³-hybridized carbons (Fsp3) is 0.0462. The first kappa shape index (κ1) is 39.3. The van der Waals surface area contributed by atoms with Crippen molar-refractivity contribution in [3.05, 3.63) is 293 Å². The summed E-state index contributed by atoms with van der Waals surface area (Å²) in [5.74, 6) is 0.330. The van der Waals surface area contributed by atoms with Crippen LogP contribution in [-0.4, -0.2) is 0 Å². The summed E-state index contributed by atoms with van der Waals surface area (Å²) in [6, 6.07) is 94.0. The Kier molecular flexibility index (Phi) is 9.95. The fourth-order valence-corrected chi connectivity index (χ4v) is 10.7. The van der Waals surface area contributed by atoms with E-state index in [0.717, 1.165) is 23.5 Å². The standard InChI is InChI=1S/C65H47N/c1-5-16-46(17-6-1)49-30-35-58(36-31-49)66(59-37-32-50(33-38-59)47-18-7-2-8-19-47)60-39-41-62-61-40-34-55(53-23-15-22-52(43-53)54-29-28-48-20-13-14-21-51(48)42-54)44-63(61)65(64(62)45-60,56-24-9-3-10-25-56)57-26-11-4-12-27-57/h1-28,30-45,54H,29H2. The van der Waals surface area contributed by atoms with Gasteiger partial charge < -0.3 is 4.90 Å². The number of rotatable bonds is 9. The van der Waals surface area contributed by atoms with Crippen LogP contribution in [0.2, 0.25) is 0 Å². The Bertz CT molecular complexity index is 3340. The highest BCUT2D eigenvalue weighted by Gasteiger charge is 2.46. The van der Waals surface area contributed by atoms with E-state index in [1.807, 2.05) is 0 Å². The highest BCUT2D eigenvalue weighted by molar-refractivity contribution is 5.91. The summed E-state index contributed by atoms with van der Waals surface area (Å²) in [7, 11) is 0. The van der Waals surface area contributed by atoms with Crippen molar-refractivity contribution < 1.29 is 0 Å². The van der Waals surface area contributed by atoms with E-state index in [9.17, 15) is 0 Å². The highest BCUT2D eigenvalue weighted by Crippen LogP contribution is 2.58. The summed E-state index contributed by atoms with van der Waals surface area (Å²) in [5.41, 5.74) is 18.9. The number of nitrogens with zero attached hydrogens (tertiary/aromatic N) is 1. The summed E-state index contributed by atoms with van der Waals surface area (Å²) in [6.07, 6.45) is 5.83. The van der Waals surface area contributed by atoms with Crippen LogP contribution in [0.15, 0.2) is 255 Å². The van der Waals surface area contributed by atoms with Crippen molar-refractivity contribution in [2.75, 3.05) is 4.90 Å². The summed E-state index contributed by atoms with van der Waals surface area (Å²) in [6.45, 7) is 0. The van der Waals surface area contributed by atoms with Gasteiger partial charge in [0.25, 0.3) is 0 Å². The minimum Gasteiger partial charge on any atom is -0.310 e. The molecule has 0 amide bonds. The predicted octanol–water partition coefficient (Wildman–Crippen LogP) is 15.3. The molecule has 1 nitrogen and oxygen atoms in total. The Morgan fingerprint density at radius 2 is 0.773 bits per heavy atom.